The number of hydrogen-bond donors (Lipinski definition) is 4. The van der Waals surface area contributed by atoms with Crippen LogP contribution < -0.4 is 16.0 Å². The summed E-state index contributed by atoms with van der Waals surface area (Å²) in [6.45, 7) is 24.7. The molecule has 0 radical (unpaired) electrons. The number of aromatic nitrogens is 4. The first-order valence-corrected chi connectivity index (χ1v) is 29.0. The number of carbonyl (C=O) groups excluding carboxylic acids is 5. The topological polar surface area (TPSA) is 246 Å². The first-order chi connectivity index (χ1) is 35.7. The van der Waals surface area contributed by atoms with Crippen LogP contribution in [-0.2, 0) is 51.1 Å². The van der Waals surface area contributed by atoms with E-state index in [1.54, 1.807) is 58.1 Å². The van der Waals surface area contributed by atoms with Gasteiger partial charge in [-0.15, -0.1) is 23.5 Å². The van der Waals surface area contributed by atoms with Crippen molar-refractivity contribution in [2.45, 2.75) is 124 Å². The van der Waals surface area contributed by atoms with Crippen molar-refractivity contribution in [1.82, 2.24) is 40.0 Å². The van der Waals surface area contributed by atoms with Crippen molar-refractivity contribution in [3.63, 3.8) is 0 Å². The first kappa shape index (κ1) is 58.9. The number of thiazole rings is 2. The van der Waals surface area contributed by atoms with E-state index in [1.165, 1.54) is 34.8 Å². The van der Waals surface area contributed by atoms with E-state index in [2.05, 4.69) is 90.6 Å². The number of amides is 5. The number of likely N-dealkylation sites (tertiary alicyclic amines) is 3. The van der Waals surface area contributed by atoms with Gasteiger partial charge in [0.25, 0.3) is 0 Å². The first-order valence-electron chi connectivity index (χ1n) is 25.4. The van der Waals surface area contributed by atoms with E-state index < -0.39 is 5.97 Å². The molecule has 0 aromatic carbocycles. The van der Waals surface area contributed by atoms with Crippen LogP contribution in [0.2, 0.25) is 0 Å². The second-order valence-electron chi connectivity index (χ2n) is 20.8. The lowest BCUT2D eigenvalue weighted by molar-refractivity contribution is -0.145. The van der Waals surface area contributed by atoms with E-state index in [1.807, 2.05) is 4.90 Å². The maximum Gasteiger partial charge on any atom is 0.306 e. The Balaban J connectivity index is 0.000000206. The van der Waals surface area contributed by atoms with Crippen LogP contribution in [-0.4, -0.2) is 128 Å². The molecule has 5 amide bonds. The Morgan fingerprint density at radius 2 is 1.00 bits per heavy atom. The molecule has 4 fully saturated rings. The number of hydrogen-bond acceptors (Lipinski definition) is 17. The molecule has 8 rings (SSSR count). The minimum atomic E-state index is -0.759. The molecule has 0 bridgehead atoms. The standard InChI is InChI=1S/C26H35N5O4S2.C17H24N4O2S2.C9H13NO3/c1-5-21(32)30-10-8-18(9-11-30)24(34)31-12-6-17(7-13-31)23(33)29-25-28-15-22(37-25)36-16-20-27-14-19(35-20)26(2,3)4;1-17(2,3)12-8-19-13(23-12)10-24-14-9-20-16(25-14)21-15(22)11-4-6-18-7-5-11;1-2-8(11)10-5-3-7(4-6-10)9(12)13/h5,14-15,17-18H,1,6-13,16H2,2-4H3,(H,28,29,33);8-9,11,18H,4-7,10H2,1-3H3,(H,20,21,22);2,7H,1,3-6H2,(H,12,13). The van der Waals surface area contributed by atoms with Crippen LogP contribution in [0.3, 0.4) is 0 Å². The third kappa shape index (κ3) is 17.9. The van der Waals surface area contributed by atoms with Gasteiger partial charge in [0, 0.05) is 67.9 Å². The molecule has 23 heteroatoms. The minimum absolute atomic E-state index is 0.0352. The molecule has 4 saturated heterocycles. The van der Waals surface area contributed by atoms with Gasteiger partial charge in [-0.3, -0.25) is 28.8 Å². The summed E-state index contributed by atoms with van der Waals surface area (Å²) in [6.07, 6.45) is 15.2. The van der Waals surface area contributed by atoms with E-state index in [9.17, 15) is 28.8 Å². The van der Waals surface area contributed by atoms with Gasteiger partial charge in [-0.05, 0) is 76.6 Å². The molecule has 75 heavy (non-hydrogen) atoms. The quantitative estimate of drug-likeness (QED) is 0.0683. The van der Waals surface area contributed by atoms with Crippen LogP contribution in [0, 0.1) is 23.7 Å². The SMILES string of the molecule is C=CC(=O)N1CCC(C(=O)N2CCC(C(=O)Nc3ncc(SCc4ncc(C(C)(C)C)o4)s3)CC2)CC1.C=CC(=O)N1CCC(C(=O)O)CC1.CC(C)(C)c1cnc(CSc2cnc(NC(=O)C3CCNCC3)s2)o1. The summed E-state index contributed by atoms with van der Waals surface area (Å²) in [5.74, 6) is 3.23. The molecule has 0 aliphatic carbocycles. The molecule has 0 atom stereocenters. The Labute approximate surface area is 455 Å². The summed E-state index contributed by atoms with van der Waals surface area (Å²) in [5, 5.41) is 19.1. The summed E-state index contributed by atoms with van der Waals surface area (Å²) in [6, 6.07) is 0. The molecule has 8 heterocycles. The third-order valence-electron chi connectivity index (χ3n) is 13.2. The summed E-state index contributed by atoms with van der Waals surface area (Å²) in [4.78, 5) is 94.1. The van der Waals surface area contributed by atoms with Gasteiger partial charge in [-0.25, -0.2) is 19.9 Å². The van der Waals surface area contributed by atoms with Crippen LogP contribution in [0.5, 0.6) is 0 Å². The number of carbonyl (C=O) groups is 6. The van der Waals surface area contributed by atoms with Crippen molar-refractivity contribution in [3.8, 4) is 0 Å². The lowest BCUT2D eigenvalue weighted by Crippen LogP contribution is -2.47. The van der Waals surface area contributed by atoms with Crippen LogP contribution in [0.4, 0.5) is 10.3 Å². The summed E-state index contributed by atoms with van der Waals surface area (Å²) in [7, 11) is 0. The highest BCUT2D eigenvalue weighted by molar-refractivity contribution is 8.00. The highest BCUT2D eigenvalue weighted by Crippen LogP contribution is 2.34. The van der Waals surface area contributed by atoms with Crippen molar-refractivity contribution in [2.75, 3.05) is 63.0 Å². The molecule has 4 aliphatic heterocycles. The molecule has 4 aromatic heterocycles. The number of nitrogens with one attached hydrogen (secondary N) is 3. The monoisotopic (exact) mass is 1110 g/mol. The Morgan fingerprint density at radius 3 is 1.39 bits per heavy atom. The zero-order valence-electron chi connectivity index (χ0n) is 43.9. The Kier molecular flexibility index (Phi) is 21.7. The molecule has 19 nitrogen and oxygen atoms in total. The van der Waals surface area contributed by atoms with Crippen molar-refractivity contribution in [2.24, 2.45) is 23.7 Å². The maximum atomic E-state index is 13.0. The van der Waals surface area contributed by atoms with Gasteiger partial charge in [0.1, 0.15) is 11.5 Å². The predicted octanol–water partition coefficient (Wildman–Crippen LogP) is 8.48. The van der Waals surface area contributed by atoms with Gasteiger partial charge in [-0.2, -0.15) is 0 Å². The Morgan fingerprint density at radius 1 is 0.613 bits per heavy atom. The molecule has 0 unspecified atom stereocenters. The normalized spacial score (nSPS) is 17.2. The van der Waals surface area contributed by atoms with Crippen LogP contribution in [0.1, 0.15) is 116 Å². The van der Waals surface area contributed by atoms with E-state index in [0.29, 0.717) is 111 Å². The Bertz CT molecular complexity index is 2570. The molecular formula is C52H72N10O9S4. The van der Waals surface area contributed by atoms with Crippen molar-refractivity contribution in [3.05, 3.63) is 73.4 Å². The average molecular weight is 1110 g/mol. The zero-order chi connectivity index (χ0) is 54.3. The fraction of sp³-hybridized carbons (Fsp3) is 0.577. The molecule has 0 spiro atoms. The maximum absolute atomic E-state index is 13.0. The van der Waals surface area contributed by atoms with Gasteiger partial charge in [0.2, 0.25) is 41.3 Å². The number of nitrogens with zero attached hydrogens (tertiary/aromatic N) is 7. The molecule has 4 aromatic rings. The second kappa shape index (κ2) is 27.6. The third-order valence-corrected chi connectivity index (χ3v) is 17.4. The van der Waals surface area contributed by atoms with E-state index in [4.69, 9.17) is 13.9 Å². The largest absolute Gasteiger partial charge is 0.481 e. The van der Waals surface area contributed by atoms with Crippen LogP contribution in [0.25, 0.3) is 0 Å². The second-order valence-corrected chi connectivity index (χ2v) is 25.4. The number of aliphatic carboxylic acids is 1. The van der Waals surface area contributed by atoms with E-state index in [-0.39, 0.29) is 64.0 Å². The minimum Gasteiger partial charge on any atom is -0.481 e. The summed E-state index contributed by atoms with van der Waals surface area (Å²) < 4.78 is 13.7. The van der Waals surface area contributed by atoms with E-state index in [0.717, 1.165) is 45.9 Å². The molecule has 0 saturated carbocycles. The van der Waals surface area contributed by atoms with Crippen LogP contribution >= 0.6 is 46.2 Å². The van der Waals surface area contributed by atoms with Crippen molar-refractivity contribution >= 4 is 92.0 Å². The van der Waals surface area contributed by atoms with Gasteiger partial charge >= 0.3 is 5.97 Å². The zero-order valence-corrected chi connectivity index (χ0v) is 47.2. The number of piperidine rings is 4. The summed E-state index contributed by atoms with van der Waals surface area (Å²) in [5.41, 5.74) is -0.113. The number of anilines is 2. The highest BCUT2D eigenvalue weighted by Gasteiger charge is 2.34. The lowest BCUT2D eigenvalue weighted by atomic mass is 9.91. The molecule has 4 aliphatic rings. The smallest absolute Gasteiger partial charge is 0.306 e. The number of oxazole rings is 2. The van der Waals surface area contributed by atoms with Crippen molar-refractivity contribution in [1.29, 1.82) is 0 Å². The average Bonchev–Trinajstić information content (AvgIpc) is 4.26. The highest BCUT2D eigenvalue weighted by atomic mass is 32.2. The molecule has 4 N–H and O–H groups in total. The molecular weight excluding hydrogens is 1040 g/mol. The van der Waals surface area contributed by atoms with Gasteiger partial charge in [-0.1, -0.05) is 77.4 Å². The molecule has 408 valence electrons. The number of thioether (sulfide) groups is 2. The van der Waals surface area contributed by atoms with Gasteiger partial charge in [0.15, 0.2) is 10.3 Å². The fourth-order valence-electron chi connectivity index (χ4n) is 8.55. The van der Waals surface area contributed by atoms with Gasteiger partial charge < -0.3 is 44.6 Å². The number of rotatable bonds is 14. The Hall–Kier alpha value is -5.36. The summed E-state index contributed by atoms with van der Waals surface area (Å²) >= 11 is 6.13. The predicted molar refractivity (Wildman–Crippen MR) is 293 cm³/mol. The number of carboxylic acid groups (broad SMARTS) is 1. The van der Waals surface area contributed by atoms with Crippen LogP contribution in [0.15, 0.2) is 67.3 Å². The van der Waals surface area contributed by atoms with Gasteiger partial charge in [0.05, 0.1) is 50.6 Å². The van der Waals surface area contributed by atoms with E-state index >= 15 is 0 Å². The number of carboxylic acids is 1. The van der Waals surface area contributed by atoms with Crippen molar-refractivity contribution < 1.29 is 42.7 Å². The fourth-order valence-corrected chi connectivity index (χ4v) is 12.0. The lowest BCUT2D eigenvalue weighted by Gasteiger charge is -2.36.